The topological polar surface area (TPSA) is 63.1 Å². The number of amides is 1. The van der Waals surface area contributed by atoms with E-state index in [0.29, 0.717) is 24.1 Å². The molecule has 3 aromatic rings. The molecule has 7 heteroatoms. The van der Waals surface area contributed by atoms with Crippen LogP contribution in [0.3, 0.4) is 0 Å². The monoisotopic (exact) mass is 493 g/mol. The lowest BCUT2D eigenvalue weighted by atomic mass is 10.1. The summed E-state index contributed by atoms with van der Waals surface area (Å²) in [5, 5.41) is 11.7. The highest BCUT2D eigenvalue weighted by Crippen LogP contribution is 2.42. The molecule has 1 atom stereocenters. The fourth-order valence-electron chi connectivity index (χ4n) is 4.48. The summed E-state index contributed by atoms with van der Waals surface area (Å²) >= 11 is 3.47. The van der Waals surface area contributed by atoms with Gasteiger partial charge in [-0.2, -0.15) is 0 Å². The molecule has 1 amide bonds. The number of nitrogens with one attached hydrogen (secondary N) is 1. The van der Waals surface area contributed by atoms with Crippen molar-refractivity contribution in [3.63, 3.8) is 0 Å². The van der Waals surface area contributed by atoms with E-state index in [9.17, 15) is 4.79 Å². The molecular weight excluding hydrogens is 466 g/mol. The van der Waals surface area contributed by atoms with Gasteiger partial charge in [0.05, 0.1) is 11.4 Å². The van der Waals surface area contributed by atoms with Crippen molar-refractivity contribution in [2.24, 2.45) is 5.92 Å². The van der Waals surface area contributed by atoms with E-state index >= 15 is 0 Å². The number of carbonyl (C=O) groups excluding carboxylic acids is 1. The van der Waals surface area contributed by atoms with Crippen molar-refractivity contribution in [3.05, 3.63) is 76.0 Å². The van der Waals surface area contributed by atoms with Crippen LogP contribution in [0.2, 0.25) is 0 Å². The average molecular weight is 494 g/mol. The second-order valence-electron chi connectivity index (χ2n) is 8.89. The van der Waals surface area contributed by atoms with Gasteiger partial charge in [-0.05, 0) is 68.0 Å². The number of halogens is 1. The average Bonchev–Trinajstić information content (AvgIpc) is 3.39. The van der Waals surface area contributed by atoms with Crippen LogP contribution in [0.4, 0.5) is 0 Å². The first-order chi connectivity index (χ1) is 15.7. The highest BCUT2D eigenvalue weighted by molar-refractivity contribution is 9.10. The molecule has 2 heterocycles. The molecule has 0 spiro atoms. The quantitative estimate of drug-likeness (QED) is 0.510. The van der Waals surface area contributed by atoms with Gasteiger partial charge in [-0.3, -0.25) is 4.79 Å². The molecule has 1 aliphatic heterocycles. The normalized spacial score (nSPS) is 18.7. The molecular formula is C25H28BrN5O. The maximum absolute atomic E-state index is 13.0. The molecule has 6 nitrogen and oxygen atoms in total. The van der Waals surface area contributed by atoms with Crippen molar-refractivity contribution in [1.82, 2.24) is 25.2 Å². The zero-order valence-corrected chi connectivity index (χ0v) is 19.7. The summed E-state index contributed by atoms with van der Waals surface area (Å²) < 4.78 is 2.85. The Kier molecular flexibility index (Phi) is 6.37. The lowest BCUT2D eigenvalue weighted by molar-refractivity contribution is 0.0941. The Hall–Kier alpha value is -2.51. The van der Waals surface area contributed by atoms with Crippen LogP contribution in [0.25, 0.3) is 5.69 Å². The van der Waals surface area contributed by atoms with E-state index in [1.54, 1.807) is 0 Å². The van der Waals surface area contributed by atoms with Crippen molar-refractivity contribution < 1.29 is 4.79 Å². The first-order valence-corrected chi connectivity index (χ1v) is 12.2. The highest BCUT2D eigenvalue weighted by atomic mass is 79.9. The summed E-state index contributed by atoms with van der Waals surface area (Å²) in [6.45, 7) is 3.90. The third kappa shape index (κ3) is 4.94. The number of carbonyl (C=O) groups is 1. The van der Waals surface area contributed by atoms with Crippen molar-refractivity contribution in [2.45, 2.75) is 31.6 Å². The molecule has 1 aromatic heterocycles. The van der Waals surface area contributed by atoms with Gasteiger partial charge in [0.15, 0.2) is 5.69 Å². The zero-order valence-electron chi connectivity index (χ0n) is 18.1. The third-order valence-electron chi connectivity index (χ3n) is 6.44. The summed E-state index contributed by atoms with van der Waals surface area (Å²) in [4.78, 5) is 15.5. The Morgan fingerprint density at radius 3 is 2.59 bits per heavy atom. The lowest BCUT2D eigenvalue weighted by Gasteiger charge is -2.16. The van der Waals surface area contributed by atoms with Gasteiger partial charge < -0.3 is 10.2 Å². The van der Waals surface area contributed by atoms with Gasteiger partial charge in [-0.25, -0.2) is 4.68 Å². The van der Waals surface area contributed by atoms with Crippen molar-refractivity contribution in [1.29, 1.82) is 0 Å². The van der Waals surface area contributed by atoms with Crippen LogP contribution >= 0.6 is 15.9 Å². The lowest BCUT2D eigenvalue weighted by Crippen LogP contribution is -2.32. The molecule has 1 saturated carbocycles. The Balaban J connectivity index is 1.17. The molecule has 1 aliphatic carbocycles. The summed E-state index contributed by atoms with van der Waals surface area (Å²) in [6, 6.07) is 18.6. The Labute approximate surface area is 197 Å². The SMILES string of the molecule is O=C(NCC1CCN(CCc2ccccc2)C1)c1nnn(-c2ccc(Br)cc2)c1C1CC1. The van der Waals surface area contributed by atoms with Gasteiger partial charge >= 0.3 is 0 Å². The molecule has 2 fully saturated rings. The van der Waals surface area contributed by atoms with Crippen LogP contribution in [0.15, 0.2) is 59.1 Å². The first-order valence-electron chi connectivity index (χ1n) is 11.4. The predicted molar refractivity (Wildman–Crippen MR) is 128 cm³/mol. The Morgan fingerprint density at radius 2 is 1.84 bits per heavy atom. The minimum Gasteiger partial charge on any atom is -0.350 e. The second kappa shape index (κ2) is 9.55. The van der Waals surface area contributed by atoms with E-state index in [1.807, 2.05) is 28.9 Å². The number of nitrogens with zero attached hydrogens (tertiary/aromatic N) is 4. The van der Waals surface area contributed by atoms with Crippen molar-refractivity contribution >= 4 is 21.8 Å². The zero-order chi connectivity index (χ0) is 21.9. The Morgan fingerprint density at radius 1 is 1.06 bits per heavy atom. The highest BCUT2D eigenvalue weighted by Gasteiger charge is 2.34. The summed E-state index contributed by atoms with van der Waals surface area (Å²) in [6.07, 6.45) is 4.37. The molecule has 166 valence electrons. The number of aromatic nitrogens is 3. The minimum atomic E-state index is -0.0991. The van der Waals surface area contributed by atoms with Crippen molar-refractivity contribution in [3.8, 4) is 5.69 Å². The van der Waals surface area contributed by atoms with Crippen LogP contribution in [0.5, 0.6) is 0 Å². The molecule has 5 rings (SSSR count). The summed E-state index contributed by atoms with van der Waals surface area (Å²) in [5.41, 5.74) is 3.74. The van der Waals surface area contributed by atoms with Crippen molar-refractivity contribution in [2.75, 3.05) is 26.2 Å². The summed E-state index contributed by atoms with van der Waals surface area (Å²) in [7, 11) is 0. The summed E-state index contributed by atoms with van der Waals surface area (Å²) in [5.74, 6) is 0.757. The van der Waals surface area contributed by atoms with Crippen LogP contribution in [-0.2, 0) is 6.42 Å². The third-order valence-corrected chi connectivity index (χ3v) is 6.96. The fourth-order valence-corrected chi connectivity index (χ4v) is 4.75. The molecule has 1 unspecified atom stereocenters. The molecule has 1 saturated heterocycles. The maximum Gasteiger partial charge on any atom is 0.273 e. The molecule has 32 heavy (non-hydrogen) atoms. The van der Waals surface area contributed by atoms with Gasteiger partial charge in [0.25, 0.3) is 5.91 Å². The fraction of sp³-hybridized carbons (Fsp3) is 0.400. The number of hydrogen-bond donors (Lipinski definition) is 1. The van der Waals surface area contributed by atoms with E-state index in [4.69, 9.17) is 0 Å². The number of likely N-dealkylation sites (tertiary alicyclic amines) is 1. The van der Waals surface area contributed by atoms with Gasteiger partial charge in [-0.15, -0.1) is 5.10 Å². The molecule has 2 aliphatic rings. The van der Waals surface area contributed by atoms with E-state index in [1.165, 1.54) is 5.56 Å². The number of benzene rings is 2. The van der Waals surface area contributed by atoms with E-state index in [2.05, 4.69) is 66.8 Å². The van der Waals surface area contributed by atoms with Crippen LogP contribution < -0.4 is 5.32 Å². The smallest absolute Gasteiger partial charge is 0.273 e. The van der Waals surface area contributed by atoms with E-state index in [-0.39, 0.29) is 5.91 Å². The van der Waals surface area contributed by atoms with Gasteiger partial charge in [0.2, 0.25) is 0 Å². The minimum absolute atomic E-state index is 0.0991. The van der Waals surface area contributed by atoms with Gasteiger partial charge in [0, 0.05) is 30.0 Å². The van der Waals surface area contributed by atoms with Crippen LogP contribution in [0.1, 0.15) is 46.9 Å². The molecule has 2 aromatic carbocycles. The first kappa shape index (κ1) is 21.3. The van der Waals surface area contributed by atoms with E-state index < -0.39 is 0 Å². The van der Waals surface area contributed by atoms with Gasteiger partial charge in [0.1, 0.15) is 0 Å². The largest absolute Gasteiger partial charge is 0.350 e. The van der Waals surface area contributed by atoms with E-state index in [0.717, 1.165) is 61.2 Å². The Bertz CT molecular complexity index is 1060. The standard InChI is InChI=1S/C25H28BrN5O/c26-21-8-10-22(11-9-21)31-24(20-6-7-20)23(28-29-31)25(32)27-16-19-13-15-30(17-19)14-12-18-4-2-1-3-5-18/h1-5,8-11,19-20H,6-7,12-17H2,(H,27,32). The molecule has 0 radical (unpaired) electrons. The predicted octanol–water partition coefficient (Wildman–Crippen LogP) is 4.20. The maximum atomic E-state index is 13.0. The molecule has 1 N–H and O–H groups in total. The number of hydrogen-bond acceptors (Lipinski definition) is 4. The van der Waals surface area contributed by atoms with Crippen LogP contribution in [-0.4, -0.2) is 52.0 Å². The van der Waals surface area contributed by atoms with Gasteiger partial charge in [-0.1, -0.05) is 51.5 Å². The second-order valence-corrected chi connectivity index (χ2v) is 9.80. The molecule has 0 bridgehead atoms. The number of rotatable bonds is 8. The van der Waals surface area contributed by atoms with Crippen LogP contribution in [0, 0.1) is 5.92 Å².